The zero-order chi connectivity index (χ0) is 25.0. The lowest BCUT2D eigenvalue weighted by molar-refractivity contribution is -0.384. The molecular formula is C26H34N4O4. The van der Waals surface area contributed by atoms with Gasteiger partial charge in [-0.1, -0.05) is 27.7 Å². The summed E-state index contributed by atoms with van der Waals surface area (Å²) in [6.07, 6.45) is 2.87. The van der Waals surface area contributed by atoms with Crippen LogP contribution in [0.25, 0.3) is 0 Å². The second-order valence-corrected chi connectivity index (χ2v) is 9.12. The molecule has 2 unspecified atom stereocenters. The van der Waals surface area contributed by atoms with Crippen LogP contribution in [-0.2, 0) is 9.59 Å². The summed E-state index contributed by atoms with van der Waals surface area (Å²) in [7, 11) is 0. The normalized spacial score (nSPS) is 19.2. The first kappa shape index (κ1) is 25.2. The molecule has 0 radical (unpaired) electrons. The quantitative estimate of drug-likeness (QED) is 0.362. The summed E-state index contributed by atoms with van der Waals surface area (Å²) in [5.41, 5.74) is 10.6. The molecule has 0 fully saturated rings. The topological polar surface area (TPSA) is 110 Å². The molecule has 182 valence electrons. The predicted molar refractivity (Wildman–Crippen MR) is 135 cm³/mol. The Morgan fingerprint density at radius 3 is 1.82 bits per heavy atom. The first-order valence-corrected chi connectivity index (χ1v) is 12.0. The number of nitro groups is 1. The van der Waals surface area contributed by atoms with E-state index in [0.29, 0.717) is 19.4 Å². The predicted octanol–water partition coefficient (Wildman–Crippen LogP) is 5.36. The van der Waals surface area contributed by atoms with Gasteiger partial charge in [0.1, 0.15) is 0 Å². The van der Waals surface area contributed by atoms with Gasteiger partial charge >= 0.3 is 0 Å². The Morgan fingerprint density at radius 2 is 1.35 bits per heavy atom. The van der Waals surface area contributed by atoms with Crippen molar-refractivity contribution in [2.24, 2.45) is 0 Å². The number of carbonyl (C=O) groups excluding carboxylic acids is 2. The molecule has 0 aromatic heterocycles. The Balaban J connectivity index is 0.000000192. The van der Waals surface area contributed by atoms with Crippen LogP contribution in [0.4, 0.5) is 22.7 Å². The van der Waals surface area contributed by atoms with Crippen LogP contribution in [0.1, 0.15) is 76.3 Å². The number of rotatable bonds is 5. The molecular weight excluding hydrogens is 432 g/mol. The number of non-ortho nitro benzene ring substituents is 1. The number of nitrogens with two attached hydrogens (primary N) is 1. The molecule has 2 aliphatic heterocycles. The van der Waals surface area contributed by atoms with E-state index in [1.54, 1.807) is 17.0 Å². The molecule has 4 rings (SSSR count). The second kappa shape index (κ2) is 10.7. The Morgan fingerprint density at radius 1 is 0.882 bits per heavy atom. The maximum atomic E-state index is 12.0. The Kier molecular flexibility index (Phi) is 7.91. The molecule has 2 N–H and O–H groups in total. The van der Waals surface area contributed by atoms with Crippen molar-refractivity contribution >= 4 is 34.6 Å². The van der Waals surface area contributed by atoms with Crippen molar-refractivity contribution in [3.63, 3.8) is 0 Å². The monoisotopic (exact) mass is 466 g/mol. The van der Waals surface area contributed by atoms with Crippen LogP contribution >= 0.6 is 0 Å². The van der Waals surface area contributed by atoms with Crippen LogP contribution < -0.4 is 15.5 Å². The maximum Gasteiger partial charge on any atom is 0.269 e. The number of nitrogens with zero attached hydrogens (tertiary/aromatic N) is 3. The van der Waals surface area contributed by atoms with Gasteiger partial charge in [0.25, 0.3) is 5.69 Å². The van der Waals surface area contributed by atoms with Crippen molar-refractivity contribution < 1.29 is 14.5 Å². The van der Waals surface area contributed by atoms with Crippen molar-refractivity contribution in [3.8, 4) is 0 Å². The second-order valence-electron chi connectivity index (χ2n) is 9.12. The standard InChI is InChI=1S/C13H16N2O3.C13H18N2O/c1-3-6-14-12-5-4-10(15(17)18)8-11(12)9(2)7-13(14)16;1-3-6-15-12-5-4-10(14)8-11(12)9(2)7-13(15)16/h4-5,8-9H,3,6-7H2,1-2H3;4-5,8-9H,3,6-7,14H2,1-2H3. The number of benzene rings is 2. The SMILES string of the molecule is CCCN1C(=O)CC(C)c2cc(N)ccc21.CCCN1C(=O)CC(C)c2cc([N+](=O)[O-])ccc21. The third-order valence-corrected chi connectivity index (χ3v) is 6.38. The molecule has 0 saturated carbocycles. The van der Waals surface area contributed by atoms with E-state index < -0.39 is 4.92 Å². The van der Waals surface area contributed by atoms with Gasteiger partial charge in [0.05, 0.1) is 4.92 Å². The van der Waals surface area contributed by atoms with Gasteiger partial charge in [-0.2, -0.15) is 0 Å². The van der Waals surface area contributed by atoms with Crippen molar-refractivity contribution in [1.29, 1.82) is 0 Å². The largest absolute Gasteiger partial charge is 0.399 e. The fourth-order valence-corrected chi connectivity index (χ4v) is 4.68. The lowest BCUT2D eigenvalue weighted by Crippen LogP contribution is -2.36. The molecule has 8 nitrogen and oxygen atoms in total. The molecule has 8 heteroatoms. The Hall–Kier alpha value is -3.42. The zero-order valence-corrected chi connectivity index (χ0v) is 20.4. The minimum absolute atomic E-state index is 0.0421. The fraction of sp³-hybridized carbons (Fsp3) is 0.462. The molecule has 0 spiro atoms. The van der Waals surface area contributed by atoms with Gasteiger partial charge in [-0.3, -0.25) is 19.7 Å². The summed E-state index contributed by atoms with van der Waals surface area (Å²) in [6.45, 7) is 9.57. The van der Waals surface area contributed by atoms with E-state index in [0.717, 1.165) is 42.0 Å². The number of hydrogen-bond acceptors (Lipinski definition) is 5. The van der Waals surface area contributed by atoms with Crippen molar-refractivity contribution in [2.45, 2.75) is 65.2 Å². The lowest BCUT2D eigenvalue weighted by atomic mass is 9.90. The molecule has 2 aromatic rings. The number of nitrogen functional groups attached to an aromatic ring is 1. The van der Waals surface area contributed by atoms with Crippen LogP contribution in [-0.4, -0.2) is 29.8 Å². The maximum absolute atomic E-state index is 12.0. The van der Waals surface area contributed by atoms with Crippen molar-refractivity contribution in [2.75, 3.05) is 28.6 Å². The number of hydrogen-bond donors (Lipinski definition) is 1. The third kappa shape index (κ3) is 5.21. The summed E-state index contributed by atoms with van der Waals surface area (Å²) in [5.74, 6) is 0.650. The first-order chi connectivity index (χ1) is 16.2. The van der Waals surface area contributed by atoms with Crippen LogP contribution in [0.2, 0.25) is 0 Å². The summed E-state index contributed by atoms with van der Waals surface area (Å²) >= 11 is 0. The molecule has 2 aliphatic rings. The van der Waals surface area contributed by atoms with Crippen LogP contribution in [0.15, 0.2) is 36.4 Å². The molecule has 2 atom stereocenters. The molecule has 2 amide bonds. The highest BCUT2D eigenvalue weighted by Crippen LogP contribution is 2.38. The number of carbonyl (C=O) groups is 2. The van der Waals surface area contributed by atoms with Gasteiger partial charge in [-0.05, 0) is 60.1 Å². The Labute approximate surface area is 200 Å². The first-order valence-electron chi connectivity index (χ1n) is 12.0. The van der Waals surface area contributed by atoms with Gasteiger partial charge < -0.3 is 15.5 Å². The number of anilines is 3. The lowest BCUT2D eigenvalue weighted by Gasteiger charge is -2.32. The van der Waals surface area contributed by atoms with E-state index in [1.807, 2.05) is 36.9 Å². The van der Waals surface area contributed by atoms with E-state index in [1.165, 1.54) is 11.6 Å². The van der Waals surface area contributed by atoms with Crippen LogP contribution in [0.5, 0.6) is 0 Å². The van der Waals surface area contributed by atoms with E-state index in [-0.39, 0.29) is 29.3 Å². The van der Waals surface area contributed by atoms with E-state index >= 15 is 0 Å². The number of amides is 2. The van der Waals surface area contributed by atoms with E-state index in [2.05, 4.69) is 13.8 Å². The molecule has 0 bridgehead atoms. The van der Waals surface area contributed by atoms with E-state index in [4.69, 9.17) is 5.73 Å². The Bertz CT molecular complexity index is 1080. The molecule has 0 saturated heterocycles. The average molecular weight is 467 g/mol. The minimum atomic E-state index is -0.395. The molecule has 2 heterocycles. The third-order valence-electron chi connectivity index (χ3n) is 6.38. The van der Waals surface area contributed by atoms with Crippen molar-refractivity contribution in [1.82, 2.24) is 0 Å². The van der Waals surface area contributed by atoms with Gasteiger partial charge in [-0.25, -0.2) is 0 Å². The summed E-state index contributed by atoms with van der Waals surface area (Å²) in [6, 6.07) is 10.6. The van der Waals surface area contributed by atoms with Gasteiger partial charge in [0.15, 0.2) is 0 Å². The number of fused-ring (bicyclic) bond motifs is 2. The minimum Gasteiger partial charge on any atom is -0.399 e. The average Bonchev–Trinajstić information content (AvgIpc) is 2.79. The smallest absolute Gasteiger partial charge is 0.269 e. The van der Waals surface area contributed by atoms with Gasteiger partial charge in [0.2, 0.25) is 11.8 Å². The highest BCUT2D eigenvalue weighted by molar-refractivity contribution is 5.98. The zero-order valence-electron chi connectivity index (χ0n) is 20.4. The summed E-state index contributed by atoms with van der Waals surface area (Å²) in [5, 5.41) is 10.8. The fourth-order valence-electron chi connectivity index (χ4n) is 4.68. The molecule has 34 heavy (non-hydrogen) atoms. The van der Waals surface area contributed by atoms with Crippen LogP contribution in [0, 0.1) is 10.1 Å². The number of nitro benzene ring substituents is 1. The molecule has 2 aromatic carbocycles. The highest BCUT2D eigenvalue weighted by atomic mass is 16.6. The van der Waals surface area contributed by atoms with E-state index in [9.17, 15) is 19.7 Å². The van der Waals surface area contributed by atoms with Gasteiger partial charge in [0, 0.05) is 55.1 Å². The van der Waals surface area contributed by atoms with Crippen LogP contribution in [0.3, 0.4) is 0 Å². The van der Waals surface area contributed by atoms with Gasteiger partial charge in [-0.15, -0.1) is 0 Å². The molecule has 0 aliphatic carbocycles. The summed E-state index contributed by atoms with van der Waals surface area (Å²) < 4.78 is 0. The van der Waals surface area contributed by atoms with Crippen molar-refractivity contribution in [3.05, 3.63) is 57.6 Å². The summed E-state index contributed by atoms with van der Waals surface area (Å²) in [4.78, 5) is 37.9. The highest BCUT2D eigenvalue weighted by Gasteiger charge is 2.30.